The van der Waals surface area contributed by atoms with Crippen molar-refractivity contribution in [2.45, 2.75) is 19.4 Å². The molecule has 0 unspecified atom stereocenters. The smallest absolute Gasteiger partial charge is 0.115 e. The molecule has 0 saturated carbocycles. The van der Waals surface area contributed by atoms with Crippen LogP contribution >= 0.6 is 0 Å². The fourth-order valence-corrected chi connectivity index (χ4v) is 2.14. The van der Waals surface area contributed by atoms with E-state index in [-0.39, 0.29) is 0 Å². The van der Waals surface area contributed by atoms with Crippen LogP contribution in [0.2, 0.25) is 0 Å². The molecule has 1 aromatic rings. The molecule has 2 rings (SSSR count). The number of hydrogen-bond acceptors (Lipinski definition) is 3. The Balaban J connectivity index is 1.64. The number of nitrogens with zero attached hydrogens (tertiary/aromatic N) is 1. The Kier molecular flexibility index (Phi) is 4.19. The van der Waals surface area contributed by atoms with Crippen LogP contribution in [0.3, 0.4) is 0 Å². The summed E-state index contributed by atoms with van der Waals surface area (Å²) in [5, 5.41) is 12.7. The second kappa shape index (κ2) is 5.87. The minimum atomic E-state index is 0.346. The van der Waals surface area contributed by atoms with E-state index in [1.807, 2.05) is 18.2 Å². The molecule has 1 aliphatic rings. The van der Waals surface area contributed by atoms with Crippen LogP contribution in [0, 0.1) is 0 Å². The van der Waals surface area contributed by atoms with Gasteiger partial charge in [-0.15, -0.1) is 0 Å². The maximum atomic E-state index is 9.31. The normalized spacial score (nSPS) is 16.8. The summed E-state index contributed by atoms with van der Waals surface area (Å²) in [5.74, 6) is 0.346. The predicted octanol–water partition coefficient (Wildman–Crippen LogP) is 1.58. The Morgan fingerprint density at radius 1 is 1.25 bits per heavy atom. The lowest BCUT2D eigenvalue weighted by atomic mass is 10.2. The zero-order valence-electron chi connectivity index (χ0n) is 9.65. The van der Waals surface area contributed by atoms with Crippen LogP contribution in [0.5, 0.6) is 5.75 Å². The molecule has 0 radical (unpaired) electrons. The van der Waals surface area contributed by atoms with Crippen molar-refractivity contribution in [2.24, 2.45) is 0 Å². The molecule has 1 saturated heterocycles. The van der Waals surface area contributed by atoms with E-state index in [4.69, 9.17) is 0 Å². The minimum Gasteiger partial charge on any atom is -0.508 e. The second-order valence-electron chi connectivity index (χ2n) is 4.40. The van der Waals surface area contributed by atoms with Gasteiger partial charge in [0.2, 0.25) is 0 Å². The molecule has 3 heteroatoms. The molecular weight excluding hydrogens is 200 g/mol. The molecule has 0 atom stereocenters. The van der Waals surface area contributed by atoms with Crippen molar-refractivity contribution in [3.05, 3.63) is 29.8 Å². The van der Waals surface area contributed by atoms with Crippen LogP contribution in [0.1, 0.15) is 18.4 Å². The highest BCUT2D eigenvalue weighted by atomic mass is 16.3. The lowest BCUT2D eigenvalue weighted by Gasteiger charge is -2.14. The van der Waals surface area contributed by atoms with E-state index in [1.165, 1.54) is 25.9 Å². The molecule has 0 aromatic heterocycles. The Morgan fingerprint density at radius 2 is 2.06 bits per heavy atom. The van der Waals surface area contributed by atoms with Crippen molar-refractivity contribution in [1.82, 2.24) is 10.2 Å². The molecule has 1 aliphatic heterocycles. The van der Waals surface area contributed by atoms with E-state index in [0.717, 1.165) is 25.2 Å². The summed E-state index contributed by atoms with van der Waals surface area (Å²) in [4.78, 5) is 2.50. The Morgan fingerprint density at radius 3 is 2.81 bits per heavy atom. The third-order valence-electron chi connectivity index (χ3n) is 3.04. The van der Waals surface area contributed by atoms with Crippen LogP contribution in [0.4, 0.5) is 0 Å². The zero-order chi connectivity index (χ0) is 11.2. The molecule has 1 aromatic carbocycles. The van der Waals surface area contributed by atoms with Crippen molar-refractivity contribution in [2.75, 3.05) is 26.2 Å². The van der Waals surface area contributed by atoms with Gasteiger partial charge in [0.15, 0.2) is 0 Å². The highest BCUT2D eigenvalue weighted by molar-refractivity contribution is 5.26. The molecule has 16 heavy (non-hydrogen) atoms. The molecule has 2 N–H and O–H groups in total. The summed E-state index contributed by atoms with van der Waals surface area (Å²) in [6.45, 7) is 5.51. The summed E-state index contributed by atoms with van der Waals surface area (Å²) in [7, 11) is 0. The summed E-state index contributed by atoms with van der Waals surface area (Å²) < 4.78 is 0. The number of aromatic hydroxyl groups is 1. The fourth-order valence-electron chi connectivity index (χ4n) is 2.14. The zero-order valence-corrected chi connectivity index (χ0v) is 9.65. The van der Waals surface area contributed by atoms with E-state index in [9.17, 15) is 5.11 Å². The number of rotatable bonds is 5. The van der Waals surface area contributed by atoms with Crippen molar-refractivity contribution < 1.29 is 5.11 Å². The van der Waals surface area contributed by atoms with Gasteiger partial charge in [0.25, 0.3) is 0 Å². The standard InChI is InChI=1S/C13H20N2O/c16-13-5-3-4-12(10-13)11-14-6-9-15-7-1-2-8-15/h3-5,10,14,16H,1-2,6-9,11H2. The van der Waals surface area contributed by atoms with Crippen molar-refractivity contribution >= 4 is 0 Å². The van der Waals surface area contributed by atoms with Gasteiger partial charge < -0.3 is 15.3 Å². The quantitative estimate of drug-likeness (QED) is 0.740. The van der Waals surface area contributed by atoms with Gasteiger partial charge in [-0.2, -0.15) is 0 Å². The van der Waals surface area contributed by atoms with Gasteiger partial charge in [0.05, 0.1) is 0 Å². The molecular formula is C13H20N2O. The highest BCUT2D eigenvalue weighted by Gasteiger charge is 2.09. The molecule has 0 amide bonds. The van der Waals surface area contributed by atoms with E-state index in [1.54, 1.807) is 6.07 Å². The van der Waals surface area contributed by atoms with Crippen molar-refractivity contribution in [1.29, 1.82) is 0 Å². The number of nitrogens with one attached hydrogen (secondary N) is 1. The van der Waals surface area contributed by atoms with Crippen LogP contribution < -0.4 is 5.32 Å². The van der Waals surface area contributed by atoms with Crippen molar-refractivity contribution in [3.8, 4) is 5.75 Å². The topological polar surface area (TPSA) is 35.5 Å². The Hall–Kier alpha value is -1.06. The number of phenols is 1. The van der Waals surface area contributed by atoms with E-state index >= 15 is 0 Å². The van der Waals surface area contributed by atoms with Gasteiger partial charge in [0.1, 0.15) is 5.75 Å². The monoisotopic (exact) mass is 220 g/mol. The molecule has 88 valence electrons. The first-order valence-corrected chi connectivity index (χ1v) is 6.05. The van der Waals surface area contributed by atoms with E-state index < -0.39 is 0 Å². The molecule has 3 nitrogen and oxygen atoms in total. The first-order chi connectivity index (χ1) is 7.84. The highest BCUT2D eigenvalue weighted by Crippen LogP contribution is 2.10. The van der Waals surface area contributed by atoms with Gasteiger partial charge in [-0.05, 0) is 43.6 Å². The fraction of sp³-hybridized carbons (Fsp3) is 0.538. The molecule has 1 fully saturated rings. The van der Waals surface area contributed by atoms with Crippen molar-refractivity contribution in [3.63, 3.8) is 0 Å². The third kappa shape index (κ3) is 3.51. The molecule has 0 aliphatic carbocycles. The summed E-state index contributed by atoms with van der Waals surface area (Å²) in [6.07, 6.45) is 2.71. The van der Waals surface area contributed by atoms with Gasteiger partial charge in [0, 0.05) is 19.6 Å². The summed E-state index contributed by atoms with van der Waals surface area (Å²) in [6, 6.07) is 7.42. The molecule has 1 heterocycles. The van der Waals surface area contributed by atoms with Gasteiger partial charge in [-0.25, -0.2) is 0 Å². The SMILES string of the molecule is Oc1cccc(CNCCN2CCCC2)c1. The number of phenolic OH excluding ortho intramolecular Hbond substituents is 1. The lowest BCUT2D eigenvalue weighted by molar-refractivity contribution is 0.335. The number of benzene rings is 1. The number of likely N-dealkylation sites (tertiary alicyclic amines) is 1. The Labute approximate surface area is 97.1 Å². The molecule has 0 spiro atoms. The molecule has 0 bridgehead atoms. The maximum absolute atomic E-state index is 9.31. The first kappa shape index (κ1) is 11.4. The largest absolute Gasteiger partial charge is 0.508 e. The van der Waals surface area contributed by atoms with Gasteiger partial charge in [-0.1, -0.05) is 12.1 Å². The predicted molar refractivity (Wildman–Crippen MR) is 65.5 cm³/mol. The van der Waals surface area contributed by atoms with Crippen LogP contribution in [-0.2, 0) is 6.54 Å². The summed E-state index contributed by atoms with van der Waals surface area (Å²) in [5.41, 5.74) is 1.14. The average molecular weight is 220 g/mol. The average Bonchev–Trinajstić information content (AvgIpc) is 2.77. The third-order valence-corrected chi connectivity index (χ3v) is 3.04. The van der Waals surface area contributed by atoms with Crippen LogP contribution in [0.25, 0.3) is 0 Å². The van der Waals surface area contributed by atoms with Crippen LogP contribution in [-0.4, -0.2) is 36.2 Å². The number of hydrogen-bond donors (Lipinski definition) is 2. The van der Waals surface area contributed by atoms with E-state index in [2.05, 4.69) is 10.2 Å². The lowest BCUT2D eigenvalue weighted by Crippen LogP contribution is -2.29. The van der Waals surface area contributed by atoms with E-state index in [0.29, 0.717) is 5.75 Å². The van der Waals surface area contributed by atoms with Crippen LogP contribution in [0.15, 0.2) is 24.3 Å². The first-order valence-electron chi connectivity index (χ1n) is 6.05. The summed E-state index contributed by atoms with van der Waals surface area (Å²) >= 11 is 0. The maximum Gasteiger partial charge on any atom is 0.115 e. The Bertz CT molecular complexity index is 321. The van der Waals surface area contributed by atoms with Gasteiger partial charge >= 0.3 is 0 Å². The minimum absolute atomic E-state index is 0.346. The van der Waals surface area contributed by atoms with Gasteiger partial charge in [-0.3, -0.25) is 0 Å². The second-order valence-corrected chi connectivity index (χ2v) is 4.40.